The first-order valence-corrected chi connectivity index (χ1v) is 5.99. The number of hydrogen-bond donors (Lipinski definition) is 0. The van der Waals surface area contributed by atoms with Crippen molar-refractivity contribution in [3.8, 4) is 0 Å². The van der Waals surface area contributed by atoms with Crippen molar-refractivity contribution in [2.75, 3.05) is 0 Å². The highest BCUT2D eigenvalue weighted by atomic mass is 79.9. The maximum absolute atomic E-state index is 10.6. The fourth-order valence-corrected chi connectivity index (χ4v) is 1.69. The summed E-state index contributed by atoms with van der Waals surface area (Å²) in [5.41, 5.74) is 1.74. The molecule has 0 saturated heterocycles. The fourth-order valence-electron chi connectivity index (χ4n) is 1.43. The van der Waals surface area contributed by atoms with Gasteiger partial charge in [0.1, 0.15) is 0 Å². The minimum atomic E-state index is -0.408. The van der Waals surface area contributed by atoms with Gasteiger partial charge in [0, 0.05) is 23.7 Å². The zero-order valence-electron chi connectivity index (χ0n) is 8.78. The van der Waals surface area contributed by atoms with E-state index in [0.29, 0.717) is 11.9 Å². The Hall–Kier alpha value is -1.76. The molecule has 88 valence electrons. The third kappa shape index (κ3) is 2.88. The van der Waals surface area contributed by atoms with Crippen molar-refractivity contribution in [3.63, 3.8) is 0 Å². The molecule has 6 nitrogen and oxygen atoms in total. The molecule has 0 aliphatic rings. The van der Waals surface area contributed by atoms with Gasteiger partial charge in [0.2, 0.25) is 0 Å². The van der Waals surface area contributed by atoms with Crippen LogP contribution in [0, 0.1) is 10.1 Å². The largest absolute Gasteiger partial charge is 0.269 e. The van der Waals surface area contributed by atoms with Gasteiger partial charge >= 0.3 is 0 Å². The standard InChI is InChI=1S/C10H9BrN4O2/c11-5-9-7-14(13-12-9)6-8-2-1-3-10(4-8)15(16)17/h1-4,7H,5-6H2. The number of nitrogens with zero attached hydrogens (tertiary/aromatic N) is 4. The topological polar surface area (TPSA) is 73.8 Å². The normalized spacial score (nSPS) is 10.4. The van der Waals surface area contributed by atoms with Crippen LogP contribution in [0.3, 0.4) is 0 Å². The van der Waals surface area contributed by atoms with Crippen LogP contribution in [0.5, 0.6) is 0 Å². The molecule has 0 spiro atoms. The van der Waals surface area contributed by atoms with E-state index in [-0.39, 0.29) is 5.69 Å². The van der Waals surface area contributed by atoms with Gasteiger partial charge in [-0.2, -0.15) is 0 Å². The first-order valence-electron chi connectivity index (χ1n) is 4.87. The van der Waals surface area contributed by atoms with Crippen LogP contribution in [0.25, 0.3) is 0 Å². The second kappa shape index (κ2) is 5.05. The lowest BCUT2D eigenvalue weighted by Crippen LogP contribution is -2.01. The maximum atomic E-state index is 10.6. The molecule has 17 heavy (non-hydrogen) atoms. The Kier molecular flexibility index (Phi) is 3.48. The highest BCUT2D eigenvalue weighted by molar-refractivity contribution is 9.08. The average Bonchev–Trinajstić information content (AvgIpc) is 2.77. The van der Waals surface area contributed by atoms with Gasteiger partial charge < -0.3 is 0 Å². The van der Waals surface area contributed by atoms with Crippen molar-refractivity contribution in [1.29, 1.82) is 0 Å². The Balaban J connectivity index is 2.18. The smallest absolute Gasteiger partial charge is 0.258 e. The van der Waals surface area contributed by atoms with Gasteiger partial charge in [0.25, 0.3) is 5.69 Å². The number of halogens is 1. The molecular formula is C10H9BrN4O2. The molecule has 0 bridgehead atoms. The number of hydrogen-bond acceptors (Lipinski definition) is 4. The van der Waals surface area contributed by atoms with Gasteiger partial charge in [-0.25, -0.2) is 4.68 Å². The van der Waals surface area contributed by atoms with Crippen molar-refractivity contribution < 1.29 is 4.92 Å². The van der Waals surface area contributed by atoms with Crippen LogP contribution >= 0.6 is 15.9 Å². The molecule has 0 atom stereocenters. The maximum Gasteiger partial charge on any atom is 0.269 e. The molecule has 0 N–H and O–H groups in total. The zero-order chi connectivity index (χ0) is 12.3. The summed E-state index contributed by atoms with van der Waals surface area (Å²) in [6, 6.07) is 6.49. The van der Waals surface area contributed by atoms with Gasteiger partial charge in [-0.15, -0.1) is 5.10 Å². The van der Waals surface area contributed by atoms with Crippen LogP contribution in [0.1, 0.15) is 11.3 Å². The Morgan fingerprint density at radius 2 is 2.29 bits per heavy atom. The van der Waals surface area contributed by atoms with Gasteiger partial charge in [0.05, 0.1) is 17.2 Å². The van der Waals surface area contributed by atoms with E-state index >= 15 is 0 Å². The van der Waals surface area contributed by atoms with Crippen molar-refractivity contribution in [2.45, 2.75) is 11.9 Å². The quantitative estimate of drug-likeness (QED) is 0.492. The van der Waals surface area contributed by atoms with Crippen LogP contribution in [0.2, 0.25) is 0 Å². The van der Waals surface area contributed by atoms with E-state index in [1.165, 1.54) is 12.1 Å². The summed E-state index contributed by atoms with van der Waals surface area (Å²) in [5.74, 6) is 0. The number of rotatable bonds is 4. The van der Waals surface area contributed by atoms with E-state index in [4.69, 9.17) is 0 Å². The van der Waals surface area contributed by atoms with Crippen LogP contribution in [-0.2, 0) is 11.9 Å². The van der Waals surface area contributed by atoms with E-state index in [9.17, 15) is 10.1 Å². The van der Waals surface area contributed by atoms with Crippen LogP contribution in [0.15, 0.2) is 30.5 Å². The minimum Gasteiger partial charge on any atom is -0.258 e. The number of aromatic nitrogens is 3. The Morgan fingerprint density at radius 3 is 2.94 bits per heavy atom. The van der Waals surface area contributed by atoms with Crippen molar-refractivity contribution in [2.24, 2.45) is 0 Å². The molecule has 1 aromatic carbocycles. The van der Waals surface area contributed by atoms with Crippen molar-refractivity contribution in [3.05, 3.63) is 51.8 Å². The molecule has 0 amide bonds. The summed E-state index contributed by atoms with van der Waals surface area (Å²) in [7, 11) is 0. The number of benzene rings is 1. The first-order chi connectivity index (χ1) is 8.19. The third-order valence-electron chi connectivity index (χ3n) is 2.19. The molecule has 0 fully saturated rings. The summed E-state index contributed by atoms with van der Waals surface area (Å²) in [6.45, 7) is 0.474. The molecule has 7 heteroatoms. The average molecular weight is 297 g/mol. The third-order valence-corrected chi connectivity index (χ3v) is 2.76. The number of non-ortho nitro benzene ring substituents is 1. The Bertz CT molecular complexity index is 541. The van der Waals surface area contributed by atoms with E-state index in [0.717, 1.165) is 11.3 Å². The predicted molar refractivity (Wildman–Crippen MR) is 64.9 cm³/mol. The van der Waals surface area contributed by atoms with Crippen molar-refractivity contribution in [1.82, 2.24) is 15.0 Å². The zero-order valence-corrected chi connectivity index (χ0v) is 10.4. The first kappa shape index (κ1) is 11.7. The highest BCUT2D eigenvalue weighted by Crippen LogP contribution is 2.14. The van der Waals surface area contributed by atoms with Gasteiger partial charge in [-0.05, 0) is 5.56 Å². The minimum absolute atomic E-state index is 0.0864. The van der Waals surface area contributed by atoms with E-state index in [1.807, 2.05) is 6.07 Å². The molecule has 0 saturated carbocycles. The molecule has 0 aliphatic carbocycles. The predicted octanol–water partition coefficient (Wildman–Crippen LogP) is 2.13. The molecule has 0 aliphatic heterocycles. The Morgan fingerprint density at radius 1 is 1.47 bits per heavy atom. The van der Waals surface area contributed by atoms with Gasteiger partial charge in [0.15, 0.2) is 0 Å². The summed E-state index contributed by atoms with van der Waals surface area (Å²) >= 11 is 3.28. The monoisotopic (exact) mass is 296 g/mol. The van der Waals surface area contributed by atoms with E-state index in [2.05, 4.69) is 26.2 Å². The number of alkyl halides is 1. The molecule has 2 aromatic rings. The molecule has 1 aromatic heterocycles. The number of nitro groups is 1. The molecule has 0 radical (unpaired) electrons. The molecule has 0 unspecified atom stereocenters. The van der Waals surface area contributed by atoms with Gasteiger partial charge in [-0.1, -0.05) is 33.3 Å². The highest BCUT2D eigenvalue weighted by Gasteiger charge is 2.06. The summed E-state index contributed by atoms with van der Waals surface area (Å²) in [4.78, 5) is 10.2. The van der Waals surface area contributed by atoms with Crippen LogP contribution in [-0.4, -0.2) is 19.9 Å². The lowest BCUT2D eigenvalue weighted by atomic mass is 10.2. The van der Waals surface area contributed by atoms with E-state index < -0.39 is 4.92 Å². The van der Waals surface area contributed by atoms with Gasteiger partial charge in [-0.3, -0.25) is 10.1 Å². The fraction of sp³-hybridized carbons (Fsp3) is 0.200. The summed E-state index contributed by atoms with van der Waals surface area (Å²) in [6.07, 6.45) is 1.80. The van der Waals surface area contributed by atoms with Crippen LogP contribution in [0.4, 0.5) is 5.69 Å². The van der Waals surface area contributed by atoms with Crippen molar-refractivity contribution >= 4 is 21.6 Å². The SMILES string of the molecule is O=[N+]([O-])c1cccc(Cn2cc(CBr)nn2)c1. The number of nitro benzene ring substituents is 1. The molecule has 2 rings (SSSR count). The summed E-state index contributed by atoms with van der Waals surface area (Å²) in [5, 5.41) is 19.1. The summed E-state index contributed by atoms with van der Waals surface area (Å²) < 4.78 is 1.65. The second-order valence-electron chi connectivity index (χ2n) is 3.47. The van der Waals surface area contributed by atoms with E-state index in [1.54, 1.807) is 16.9 Å². The molecular weight excluding hydrogens is 288 g/mol. The lowest BCUT2D eigenvalue weighted by molar-refractivity contribution is -0.384. The Labute approximate surface area is 106 Å². The lowest BCUT2D eigenvalue weighted by Gasteiger charge is -2.00. The second-order valence-corrected chi connectivity index (χ2v) is 4.03. The van der Waals surface area contributed by atoms with Crippen LogP contribution < -0.4 is 0 Å². The molecule has 1 heterocycles.